The predicted molar refractivity (Wildman–Crippen MR) is 147 cm³/mol. The average molecular weight is 555 g/mol. The van der Waals surface area contributed by atoms with E-state index in [0.717, 1.165) is 25.7 Å². The van der Waals surface area contributed by atoms with Crippen LogP contribution in [0.25, 0.3) is 22.5 Å². The standard InChI is InChI=1S/C28H28Cl2N4O4/c1-17-23(25(33-37-17)19-11-5-7-13-21(19)29)27(35)31-15-9-3-4-10-16-32-28(36)24-18(2)38-34-26(24)20-12-6-8-14-22(20)30/h5-8,11-14H,3-4,9-10,15-16H2,1-2H3,(H,31,35)(H,32,36). The van der Waals surface area contributed by atoms with E-state index in [4.69, 9.17) is 32.2 Å². The van der Waals surface area contributed by atoms with Crippen molar-refractivity contribution in [3.05, 3.63) is 81.2 Å². The van der Waals surface area contributed by atoms with E-state index < -0.39 is 0 Å². The fraction of sp³-hybridized carbons (Fsp3) is 0.286. The van der Waals surface area contributed by atoms with Gasteiger partial charge in [-0.3, -0.25) is 9.59 Å². The first-order valence-corrected chi connectivity index (χ1v) is 13.1. The summed E-state index contributed by atoms with van der Waals surface area (Å²) in [5.74, 6) is 0.386. The molecule has 2 N–H and O–H groups in total. The van der Waals surface area contributed by atoms with Gasteiger partial charge in [0.15, 0.2) is 0 Å². The molecule has 0 atom stereocenters. The topological polar surface area (TPSA) is 110 Å². The van der Waals surface area contributed by atoms with Crippen LogP contribution in [-0.2, 0) is 0 Å². The first kappa shape index (κ1) is 27.4. The molecule has 2 aromatic carbocycles. The zero-order chi connectivity index (χ0) is 27.1. The Kier molecular flexibility index (Phi) is 9.20. The third-order valence-electron chi connectivity index (χ3n) is 6.11. The van der Waals surface area contributed by atoms with Crippen LogP contribution >= 0.6 is 23.2 Å². The molecule has 2 heterocycles. The highest BCUT2D eigenvalue weighted by atomic mass is 35.5. The van der Waals surface area contributed by atoms with Gasteiger partial charge in [-0.05, 0) is 38.8 Å². The maximum absolute atomic E-state index is 12.8. The summed E-state index contributed by atoms with van der Waals surface area (Å²) in [6.45, 7) is 4.43. The highest BCUT2D eigenvalue weighted by Gasteiger charge is 2.23. The Morgan fingerprint density at radius 1 is 0.684 bits per heavy atom. The van der Waals surface area contributed by atoms with Crippen LogP contribution in [0.1, 0.15) is 57.9 Å². The molecule has 0 fully saturated rings. The minimum absolute atomic E-state index is 0.246. The van der Waals surface area contributed by atoms with E-state index >= 15 is 0 Å². The highest BCUT2D eigenvalue weighted by molar-refractivity contribution is 6.33. The van der Waals surface area contributed by atoms with Crippen molar-refractivity contribution in [2.45, 2.75) is 39.5 Å². The summed E-state index contributed by atoms with van der Waals surface area (Å²) in [5.41, 5.74) is 2.95. The summed E-state index contributed by atoms with van der Waals surface area (Å²) in [4.78, 5) is 25.6. The number of halogens is 2. The van der Waals surface area contributed by atoms with E-state index in [2.05, 4.69) is 20.9 Å². The van der Waals surface area contributed by atoms with Gasteiger partial charge in [0.05, 0.1) is 10.0 Å². The second-order valence-electron chi connectivity index (χ2n) is 8.81. The van der Waals surface area contributed by atoms with Gasteiger partial charge in [0.25, 0.3) is 11.8 Å². The second kappa shape index (κ2) is 12.8. The molecule has 2 amide bonds. The zero-order valence-electron chi connectivity index (χ0n) is 21.1. The third-order valence-corrected chi connectivity index (χ3v) is 6.77. The molecule has 0 radical (unpaired) electrons. The molecule has 4 aromatic rings. The van der Waals surface area contributed by atoms with Gasteiger partial charge in [-0.2, -0.15) is 0 Å². The monoisotopic (exact) mass is 554 g/mol. The number of hydrogen-bond donors (Lipinski definition) is 2. The number of nitrogens with one attached hydrogen (secondary N) is 2. The maximum Gasteiger partial charge on any atom is 0.257 e. The van der Waals surface area contributed by atoms with E-state index in [-0.39, 0.29) is 11.8 Å². The minimum Gasteiger partial charge on any atom is -0.360 e. The Labute approximate surface area is 230 Å². The largest absolute Gasteiger partial charge is 0.360 e. The smallest absolute Gasteiger partial charge is 0.257 e. The molecule has 0 unspecified atom stereocenters. The van der Waals surface area contributed by atoms with Gasteiger partial charge >= 0.3 is 0 Å². The van der Waals surface area contributed by atoms with Crippen LogP contribution in [0, 0.1) is 13.8 Å². The van der Waals surface area contributed by atoms with Crippen LogP contribution in [-0.4, -0.2) is 35.2 Å². The number of benzene rings is 2. The summed E-state index contributed by atoms with van der Waals surface area (Å²) in [6.07, 6.45) is 3.39. The van der Waals surface area contributed by atoms with Gasteiger partial charge in [0, 0.05) is 24.2 Å². The van der Waals surface area contributed by atoms with E-state index in [0.29, 0.717) is 68.3 Å². The molecule has 8 nitrogen and oxygen atoms in total. The lowest BCUT2D eigenvalue weighted by Crippen LogP contribution is -2.26. The number of carbonyl (C=O) groups is 2. The van der Waals surface area contributed by atoms with Gasteiger partial charge in [-0.25, -0.2) is 0 Å². The van der Waals surface area contributed by atoms with Crippen molar-refractivity contribution in [1.29, 1.82) is 0 Å². The van der Waals surface area contributed by atoms with Gasteiger partial charge < -0.3 is 19.7 Å². The summed E-state index contributed by atoms with van der Waals surface area (Å²) in [7, 11) is 0. The first-order chi connectivity index (χ1) is 18.4. The number of amides is 2. The molecule has 0 spiro atoms. The van der Waals surface area contributed by atoms with E-state index in [9.17, 15) is 9.59 Å². The number of nitrogens with zero attached hydrogens (tertiary/aromatic N) is 2. The van der Waals surface area contributed by atoms with Gasteiger partial charge in [-0.1, -0.05) is 82.8 Å². The molecule has 0 aliphatic carbocycles. The van der Waals surface area contributed by atoms with Crippen LogP contribution in [0.15, 0.2) is 57.6 Å². The lowest BCUT2D eigenvalue weighted by atomic mass is 10.1. The number of carbonyl (C=O) groups excluding carboxylic acids is 2. The van der Waals surface area contributed by atoms with Crippen LogP contribution in [0.5, 0.6) is 0 Å². The molecule has 0 saturated carbocycles. The van der Waals surface area contributed by atoms with E-state index in [1.54, 1.807) is 38.1 Å². The number of aromatic nitrogens is 2. The fourth-order valence-electron chi connectivity index (χ4n) is 4.14. The zero-order valence-corrected chi connectivity index (χ0v) is 22.7. The molecular formula is C28H28Cl2N4O4. The molecule has 0 bridgehead atoms. The summed E-state index contributed by atoms with van der Waals surface area (Å²) in [6, 6.07) is 14.4. The fourth-order valence-corrected chi connectivity index (χ4v) is 4.59. The number of hydrogen-bond acceptors (Lipinski definition) is 6. The third kappa shape index (κ3) is 6.26. The van der Waals surface area contributed by atoms with E-state index in [1.807, 2.05) is 24.3 Å². The molecule has 198 valence electrons. The molecule has 10 heteroatoms. The SMILES string of the molecule is Cc1onc(-c2ccccc2Cl)c1C(=O)NCCCCCCNC(=O)c1c(-c2ccccc2Cl)noc1C. The Morgan fingerprint density at radius 2 is 1.08 bits per heavy atom. The van der Waals surface area contributed by atoms with Crippen LogP contribution in [0.2, 0.25) is 10.0 Å². The average Bonchev–Trinajstić information content (AvgIpc) is 3.48. The normalized spacial score (nSPS) is 10.9. The van der Waals surface area contributed by atoms with E-state index in [1.165, 1.54) is 0 Å². The van der Waals surface area contributed by atoms with Gasteiger partial charge in [0.1, 0.15) is 34.0 Å². The molecule has 2 aromatic heterocycles. The number of rotatable bonds is 11. The molecular weight excluding hydrogens is 527 g/mol. The van der Waals surface area contributed by atoms with Crippen molar-refractivity contribution in [2.75, 3.05) is 13.1 Å². The van der Waals surface area contributed by atoms with Crippen LogP contribution in [0.4, 0.5) is 0 Å². The molecule has 0 aliphatic heterocycles. The Morgan fingerprint density at radius 3 is 1.47 bits per heavy atom. The Balaban J connectivity index is 1.20. The lowest BCUT2D eigenvalue weighted by Gasteiger charge is -2.08. The van der Waals surface area contributed by atoms with Crippen molar-refractivity contribution >= 4 is 35.0 Å². The maximum atomic E-state index is 12.8. The van der Waals surface area contributed by atoms with Gasteiger partial charge in [-0.15, -0.1) is 0 Å². The van der Waals surface area contributed by atoms with Crippen LogP contribution in [0.3, 0.4) is 0 Å². The minimum atomic E-state index is -0.246. The van der Waals surface area contributed by atoms with Crippen molar-refractivity contribution in [1.82, 2.24) is 20.9 Å². The van der Waals surface area contributed by atoms with Crippen molar-refractivity contribution in [2.24, 2.45) is 0 Å². The molecule has 0 aliphatic rings. The summed E-state index contributed by atoms with van der Waals surface area (Å²) in [5, 5.41) is 15.0. The first-order valence-electron chi connectivity index (χ1n) is 12.4. The number of unbranched alkanes of at least 4 members (excludes halogenated alkanes) is 3. The predicted octanol–water partition coefficient (Wildman–Crippen LogP) is 6.64. The Hall–Kier alpha value is -3.62. The highest BCUT2D eigenvalue weighted by Crippen LogP contribution is 2.32. The summed E-state index contributed by atoms with van der Waals surface area (Å²) < 4.78 is 10.5. The number of aryl methyl sites for hydroxylation is 2. The second-order valence-corrected chi connectivity index (χ2v) is 9.62. The van der Waals surface area contributed by atoms with Gasteiger partial charge in [0.2, 0.25) is 0 Å². The lowest BCUT2D eigenvalue weighted by molar-refractivity contribution is 0.0942. The Bertz CT molecular complexity index is 1320. The van der Waals surface area contributed by atoms with Crippen molar-refractivity contribution < 1.29 is 18.6 Å². The molecule has 38 heavy (non-hydrogen) atoms. The summed E-state index contributed by atoms with van der Waals surface area (Å²) >= 11 is 12.6. The van der Waals surface area contributed by atoms with Crippen LogP contribution < -0.4 is 10.6 Å². The quantitative estimate of drug-likeness (QED) is 0.201. The van der Waals surface area contributed by atoms with Crippen molar-refractivity contribution in [3.63, 3.8) is 0 Å². The van der Waals surface area contributed by atoms with Crippen molar-refractivity contribution in [3.8, 4) is 22.5 Å². The molecule has 0 saturated heterocycles. The molecule has 4 rings (SSSR count).